The van der Waals surface area contributed by atoms with E-state index in [4.69, 9.17) is 0 Å². The first-order valence-corrected chi connectivity index (χ1v) is 9.61. The van der Waals surface area contributed by atoms with E-state index >= 15 is 0 Å². The minimum Gasteiger partial charge on any atom is -0.390 e. The molecule has 3 fully saturated rings. The van der Waals surface area contributed by atoms with Gasteiger partial charge in [0, 0.05) is 23.2 Å². The lowest BCUT2D eigenvalue weighted by Gasteiger charge is -2.56. The van der Waals surface area contributed by atoms with Crippen molar-refractivity contribution in [2.24, 2.45) is 28.6 Å². The van der Waals surface area contributed by atoms with Crippen molar-refractivity contribution in [1.29, 1.82) is 0 Å². The molecule has 0 bridgehead atoms. The van der Waals surface area contributed by atoms with Crippen molar-refractivity contribution >= 4 is 17.3 Å². The van der Waals surface area contributed by atoms with E-state index in [9.17, 15) is 29.7 Å². The summed E-state index contributed by atoms with van der Waals surface area (Å²) in [7, 11) is 0. The van der Waals surface area contributed by atoms with Gasteiger partial charge in [-0.3, -0.25) is 14.4 Å². The Bertz CT molecular complexity index is 796. The van der Waals surface area contributed by atoms with Crippen LogP contribution in [0, 0.1) is 28.6 Å². The smallest absolute Gasteiger partial charge is 0.192 e. The van der Waals surface area contributed by atoms with Crippen LogP contribution >= 0.6 is 0 Å². The third-order valence-corrected chi connectivity index (χ3v) is 8.05. The Morgan fingerprint density at radius 2 is 2.00 bits per heavy atom. The summed E-state index contributed by atoms with van der Waals surface area (Å²) in [6, 6.07) is 0. The first kappa shape index (κ1) is 18.7. The molecule has 27 heavy (non-hydrogen) atoms. The normalized spacial score (nSPS) is 48.6. The molecular formula is C21H26O6. The standard InChI is InChI=1S/C21H26O6/c1-19-6-5-12(23)7-11(19)3-4-13-14-8-16(25)21(27,17(26)10-22)20(14,2)9-15(24)18(13)19/h5-7,13-14,16,18,22,25,27H,3-4,8-10H2,1-2H3/t13-,14+,16-,18+,19+,20+,21+/m1/s1. The van der Waals surface area contributed by atoms with Gasteiger partial charge in [0.2, 0.25) is 0 Å². The van der Waals surface area contributed by atoms with Crippen LogP contribution in [0.1, 0.15) is 39.5 Å². The average Bonchev–Trinajstić information content (AvgIpc) is 2.82. The Kier molecular flexibility index (Phi) is 3.94. The molecule has 4 aliphatic rings. The molecule has 3 saturated carbocycles. The molecule has 0 saturated heterocycles. The van der Waals surface area contributed by atoms with Crippen molar-refractivity contribution in [2.45, 2.75) is 51.2 Å². The second kappa shape index (κ2) is 5.69. The van der Waals surface area contributed by atoms with Crippen molar-refractivity contribution in [3.05, 3.63) is 23.8 Å². The topological polar surface area (TPSA) is 112 Å². The van der Waals surface area contributed by atoms with Crippen LogP contribution in [0.5, 0.6) is 0 Å². The number of carbonyl (C=O) groups is 3. The molecule has 6 heteroatoms. The average molecular weight is 374 g/mol. The van der Waals surface area contributed by atoms with Crippen LogP contribution in [-0.4, -0.2) is 51.0 Å². The van der Waals surface area contributed by atoms with Gasteiger partial charge < -0.3 is 15.3 Å². The minimum absolute atomic E-state index is 0.0250. The molecule has 0 aromatic rings. The number of fused-ring (bicyclic) bond motifs is 5. The molecule has 0 heterocycles. The molecule has 6 nitrogen and oxygen atoms in total. The summed E-state index contributed by atoms with van der Waals surface area (Å²) in [5.41, 5.74) is -2.78. The molecule has 0 spiro atoms. The van der Waals surface area contributed by atoms with Gasteiger partial charge in [-0.2, -0.15) is 0 Å². The summed E-state index contributed by atoms with van der Waals surface area (Å²) in [5, 5.41) is 31.1. The molecule has 146 valence electrons. The highest BCUT2D eigenvalue weighted by atomic mass is 16.4. The van der Waals surface area contributed by atoms with Gasteiger partial charge in [-0.1, -0.05) is 25.5 Å². The van der Waals surface area contributed by atoms with Gasteiger partial charge in [0.15, 0.2) is 17.2 Å². The fourth-order valence-corrected chi connectivity index (χ4v) is 6.67. The minimum atomic E-state index is -2.11. The van der Waals surface area contributed by atoms with Crippen molar-refractivity contribution in [3.8, 4) is 0 Å². The maximum absolute atomic E-state index is 13.3. The summed E-state index contributed by atoms with van der Waals surface area (Å²) < 4.78 is 0. The van der Waals surface area contributed by atoms with E-state index in [2.05, 4.69) is 0 Å². The number of hydrogen-bond donors (Lipinski definition) is 3. The molecule has 0 unspecified atom stereocenters. The van der Waals surface area contributed by atoms with Crippen LogP contribution in [0.2, 0.25) is 0 Å². The molecule has 0 radical (unpaired) electrons. The zero-order valence-corrected chi connectivity index (χ0v) is 15.6. The zero-order valence-electron chi connectivity index (χ0n) is 15.6. The summed E-state index contributed by atoms with van der Waals surface area (Å²) in [4.78, 5) is 37.5. The molecule has 4 aliphatic carbocycles. The van der Waals surface area contributed by atoms with Crippen molar-refractivity contribution < 1.29 is 29.7 Å². The van der Waals surface area contributed by atoms with Gasteiger partial charge in [0.25, 0.3) is 0 Å². The quantitative estimate of drug-likeness (QED) is 0.657. The van der Waals surface area contributed by atoms with Crippen molar-refractivity contribution in [3.63, 3.8) is 0 Å². The van der Waals surface area contributed by atoms with E-state index in [1.54, 1.807) is 13.0 Å². The lowest BCUT2D eigenvalue weighted by atomic mass is 9.46. The maximum atomic E-state index is 13.3. The Hall–Kier alpha value is -1.63. The van der Waals surface area contributed by atoms with Crippen molar-refractivity contribution in [2.75, 3.05) is 6.61 Å². The van der Waals surface area contributed by atoms with E-state index < -0.39 is 34.9 Å². The fraction of sp³-hybridized carbons (Fsp3) is 0.667. The Labute approximate surface area is 158 Å². The second-order valence-corrected chi connectivity index (χ2v) is 9.13. The number of aliphatic hydroxyl groups excluding tert-OH is 2. The predicted molar refractivity (Wildman–Crippen MR) is 95.4 cm³/mol. The van der Waals surface area contributed by atoms with E-state index in [0.29, 0.717) is 12.8 Å². The predicted octanol–water partition coefficient (Wildman–Crippen LogP) is 0.737. The summed E-state index contributed by atoms with van der Waals surface area (Å²) in [6.45, 7) is 2.81. The van der Waals surface area contributed by atoms with Crippen LogP contribution in [0.15, 0.2) is 23.8 Å². The number of aliphatic hydroxyl groups is 3. The summed E-state index contributed by atoms with van der Waals surface area (Å²) >= 11 is 0. The second-order valence-electron chi connectivity index (χ2n) is 9.13. The van der Waals surface area contributed by atoms with Gasteiger partial charge in [0.1, 0.15) is 12.4 Å². The number of rotatable bonds is 2. The van der Waals surface area contributed by atoms with E-state index in [0.717, 1.165) is 5.57 Å². The lowest BCUT2D eigenvalue weighted by molar-refractivity contribution is -0.179. The zero-order chi connectivity index (χ0) is 19.8. The summed E-state index contributed by atoms with van der Waals surface area (Å²) in [6.07, 6.45) is 5.23. The van der Waals surface area contributed by atoms with Gasteiger partial charge in [-0.25, -0.2) is 0 Å². The van der Waals surface area contributed by atoms with Crippen molar-refractivity contribution in [1.82, 2.24) is 0 Å². The molecule has 3 N–H and O–H groups in total. The molecule has 0 aromatic carbocycles. The number of Topliss-reactive ketones (excluding diaryl/α,β-unsaturated/α-hetero) is 2. The maximum Gasteiger partial charge on any atom is 0.192 e. The van der Waals surface area contributed by atoms with Gasteiger partial charge in [0.05, 0.1) is 6.10 Å². The molecular weight excluding hydrogens is 348 g/mol. The monoisotopic (exact) mass is 374 g/mol. The molecule has 4 rings (SSSR count). The highest BCUT2D eigenvalue weighted by Crippen LogP contribution is 2.66. The summed E-state index contributed by atoms with van der Waals surface area (Å²) in [5.74, 6) is -1.57. The first-order chi connectivity index (χ1) is 12.6. The van der Waals surface area contributed by atoms with E-state index in [1.165, 1.54) is 6.08 Å². The third kappa shape index (κ3) is 2.15. The van der Waals surface area contributed by atoms with Gasteiger partial charge >= 0.3 is 0 Å². The highest BCUT2D eigenvalue weighted by Gasteiger charge is 2.71. The van der Waals surface area contributed by atoms with Crippen LogP contribution in [0.25, 0.3) is 0 Å². The molecule has 0 aromatic heterocycles. The Morgan fingerprint density at radius 1 is 1.30 bits per heavy atom. The Balaban J connectivity index is 1.79. The SMILES string of the molecule is C[C@]12C=CC(=O)C=C1CC[C@H]1[C@H]2C(=O)C[C@@]2(C)[C@H]1C[C@@H](O)[C@]2(O)C(=O)CO. The van der Waals surface area contributed by atoms with Crippen LogP contribution in [-0.2, 0) is 14.4 Å². The highest BCUT2D eigenvalue weighted by molar-refractivity contribution is 6.02. The third-order valence-electron chi connectivity index (χ3n) is 8.05. The number of hydrogen-bond acceptors (Lipinski definition) is 6. The van der Waals surface area contributed by atoms with Crippen LogP contribution < -0.4 is 0 Å². The van der Waals surface area contributed by atoms with Gasteiger partial charge in [-0.15, -0.1) is 0 Å². The van der Waals surface area contributed by atoms with Crippen LogP contribution in [0.4, 0.5) is 0 Å². The number of allylic oxidation sites excluding steroid dienone is 4. The fourth-order valence-electron chi connectivity index (χ4n) is 6.67. The van der Waals surface area contributed by atoms with E-state index in [1.807, 2.05) is 13.0 Å². The van der Waals surface area contributed by atoms with E-state index in [-0.39, 0.29) is 42.2 Å². The lowest BCUT2D eigenvalue weighted by Crippen LogP contribution is -2.63. The number of carbonyl (C=O) groups excluding carboxylic acids is 3. The van der Waals surface area contributed by atoms with Gasteiger partial charge in [-0.05, 0) is 43.3 Å². The molecule has 0 amide bonds. The molecule has 7 atom stereocenters. The largest absolute Gasteiger partial charge is 0.390 e. The first-order valence-electron chi connectivity index (χ1n) is 9.61. The molecule has 0 aliphatic heterocycles. The Morgan fingerprint density at radius 3 is 2.67 bits per heavy atom. The number of ketones is 3. The van der Waals surface area contributed by atoms with Crippen LogP contribution in [0.3, 0.4) is 0 Å².